The molecule has 3 rings (SSSR count). The molecule has 1 heterocycles. The van der Waals surface area contributed by atoms with Crippen LogP contribution >= 0.6 is 0 Å². The zero-order valence-electron chi connectivity index (χ0n) is 14.1. The molecular weight excluding hydrogens is 306 g/mol. The Hall–Kier alpha value is -1.81. The number of hydrogen-bond donors (Lipinski definition) is 0. The fourth-order valence-electron chi connectivity index (χ4n) is 3.02. The fourth-order valence-corrected chi connectivity index (χ4v) is 4.78. The number of benzene rings is 2. The van der Waals surface area contributed by atoms with Crippen molar-refractivity contribution in [3.8, 4) is 0 Å². The Morgan fingerprint density at radius 1 is 1.04 bits per heavy atom. The predicted molar refractivity (Wildman–Crippen MR) is 94.6 cm³/mol. The minimum Gasteiger partial charge on any atom is -0.266 e. The summed E-state index contributed by atoms with van der Waals surface area (Å²) < 4.78 is 28.0. The summed E-state index contributed by atoms with van der Waals surface area (Å²) in [5.74, 6) is 0. The lowest BCUT2D eigenvalue weighted by molar-refractivity contribution is 0.581. The van der Waals surface area contributed by atoms with E-state index < -0.39 is 10.0 Å². The number of rotatable bonds is 2. The Morgan fingerprint density at radius 2 is 1.74 bits per heavy atom. The van der Waals surface area contributed by atoms with Crippen molar-refractivity contribution < 1.29 is 8.42 Å². The molecule has 4 heteroatoms. The van der Waals surface area contributed by atoms with Gasteiger partial charge in [0.15, 0.2) is 0 Å². The van der Waals surface area contributed by atoms with Crippen molar-refractivity contribution in [1.29, 1.82) is 0 Å². The third-order valence-electron chi connectivity index (χ3n) is 4.47. The van der Waals surface area contributed by atoms with Gasteiger partial charge in [-0.25, -0.2) is 8.42 Å². The van der Waals surface area contributed by atoms with Gasteiger partial charge in [0.1, 0.15) is 0 Å². The maximum Gasteiger partial charge on any atom is 0.264 e. The van der Waals surface area contributed by atoms with Crippen molar-refractivity contribution in [2.75, 3.05) is 10.8 Å². The second kappa shape index (κ2) is 5.38. The van der Waals surface area contributed by atoms with Crippen LogP contribution in [-0.4, -0.2) is 15.0 Å². The molecule has 23 heavy (non-hydrogen) atoms. The smallest absolute Gasteiger partial charge is 0.264 e. The lowest BCUT2D eigenvalue weighted by atomic mass is 9.87. The quantitative estimate of drug-likeness (QED) is 0.834. The summed E-state index contributed by atoms with van der Waals surface area (Å²) in [4.78, 5) is 0.418. The van der Waals surface area contributed by atoms with Crippen LogP contribution in [-0.2, 0) is 21.9 Å². The highest BCUT2D eigenvalue weighted by atomic mass is 32.2. The molecule has 0 N–H and O–H groups in total. The molecule has 0 unspecified atom stereocenters. The van der Waals surface area contributed by atoms with Gasteiger partial charge >= 0.3 is 0 Å². The molecule has 2 aromatic carbocycles. The Kier molecular flexibility index (Phi) is 3.75. The summed E-state index contributed by atoms with van der Waals surface area (Å²) in [5.41, 5.74) is 3.66. The van der Waals surface area contributed by atoms with Gasteiger partial charge in [0.05, 0.1) is 10.6 Å². The van der Waals surface area contributed by atoms with Gasteiger partial charge in [0.25, 0.3) is 10.0 Å². The van der Waals surface area contributed by atoms with E-state index >= 15 is 0 Å². The van der Waals surface area contributed by atoms with Gasteiger partial charge in [-0.2, -0.15) is 0 Å². The lowest BCUT2D eigenvalue weighted by Gasteiger charge is -2.24. The van der Waals surface area contributed by atoms with Gasteiger partial charge < -0.3 is 0 Å². The number of para-hydroxylation sites is 1. The topological polar surface area (TPSA) is 37.4 Å². The molecule has 0 amide bonds. The van der Waals surface area contributed by atoms with Crippen LogP contribution in [0.4, 0.5) is 5.69 Å². The van der Waals surface area contributed by atoms with Crippen molar-refractivity contribution in [3.63, 3.8) is 0 Å². The van der Waals surface area contributed by atoms with E-state index in [1.54, 1.807) is 4.31 Å². The highest BCUT2D eigenvalue weighted by molar-refractivity contribution is 7.93. The Balaban J connectivity index is 2.12. The average Bonchev–Trinajstić information content (AvgIpc) is 2.91. The summed E-state index contributed by atoms with van der Waals surface area (Å²) in [6.07, 6.45) is 0.771. The first-order valence-corrected chi connectivity index (χ1v) is 9.37. The molecule has 3 nitrogen and oxygen atoms in total. The summed E-state index contributed by atoms with van der Waals surface area (Å²) in [7, 11) is -3.53. The number of sulfonamides is 1. The third kappa shape index (κ3) is 2.76. The Labute approximate surface area is 139 Å². The van der Waals surface area contributed by atoms with E-state index in [4.69, 9.17) is 0 Å². The van der Waals surface area contributed by atoms with Crippen LogP contribution in [0.3, 0.4) is 0 Å². The normalized spacial score (nSPS) is 14.9. The number of aryl methyl sites for hydroxylation is 1. The largest absolute Gasteiger partial charge is 0.266 e. The Bertz CT molecular complexity index is 848. The highest BCUT2D eigenvalue weighted by Crippen LogP contribution is 2.35. The van der Waals surface area contributed by atoms with Crippen LogP contribution < -0.4 is 4.31 Å². The zero-order valence-corrected chi connectivity index (χ0v) is 14.9. The van der Waals surface area contributed by atoms with Gasteiger partial charge in [-0.15, -0.1) is 0 Å². The molecule has 1 aliphatic heterocycles. The summed E-state index contributed by atoms with van der Waals surface area (Å²) >= 11 is 0. The first-order valence-electron chi connectivity index (χ1n) is 7.93. The minimum absolute atomic E-state index is 0.0825. The number of nitrogens with zero attached hydrogens (tertiary/aromatic N) is 1. The summed E-state index contributed by atoms with van der Waals surface area (Å²) in [6, 6.07) is 13.5. The van der Waals surface area contributed by atoms with Gasteiger partial charge in [-0.05, 0) is 47.6 Å². The lowest BCUT2D eigenvalue weighted by Crippen LogP contribution is -2.30. The standard InChI is InChI=1S/C19H23NO2S/c1-14-9-10-16(19(2,3)4)13-18(14)23(21,22)20-12-11-15-7-5-6-8-17(15)20/h5-10,13H,11-12H2,1-4H3. The Morgan fingerprint density at radius 3 is 2.43 bits per heavy atom. The first-order chi connectivity index (χ1) is 10.7. The monoisotopic (exact) mass is 329 g/mol. The van der Waals surface area contributed by atoms with E-state index in [-0.39, 0.29) is 5.41 Å². The fraction of sp³-hybridized carbons (Fsp3) is 0.368. The van der Waals surface area contributed by atoms with Crippen LogP contribution in [0.25, 0.3) is 0 Å². The van der Waals surface area contributed by atoms with E-state index in [1.807, 2.05) is 49.4 Å². The maximum atomic E-state index is 13.2. The van der Waals surface area contributed by atoms with Crippen LogP contribution in [0.5, 0.6) is 0 Å². The highest BCUT2D eigenvalue weighted by Gasteiger charge is 2.32. The van der Waals surface area contributed by atoms with Crippen molar-refractivity contribution in [3.05, 3.63) is 59.2 Å². The predicted octanol–water partition coefficient (Wildman–Crippen LogP) is 4.04. The molecule has 0 bridgehead atoms. The van der Waals surface area contributed by atoms with Crippen molar-refractivity contribution in [1.82, 2.24) is 0 Å². The molecule has 0 saturated carbocycles. The minimum atomic E-state index is -3.53. The van der Waals surface area contributed by atoms with E-state index in [2.05, 4.69) is 20.8 Å². The van der Waals surface area contributed by atoms with Crippen LogP contribution in [0, 0.1) is 6.92 Å². The molecule has 0 fully saturated rings. The molecule has 0 aromatic heterocycles. The molecular formula is C19H23NO2S. The van der Waals surface area contributed by atoms with Gasteiger partial charge in [0, 0.05) is 6.54 Å². The second-order valence-corrected chi connectivity index (χ2v) is 9.02. The van der Waals surface area contributed by atoms with Crippen LogP contribution in [0.2, 0.25) is 0 Å². The SMILES string of the molecule is Cc1ccc(C(C)(C)C)cc1S(=O)(=O)N1CCc2ccccc21. The molecule has 0 radical (unpaired) electrons. The molecule has 1 aliphatic rings. The molecule has 2 aromatic rings. The molecule has 0 spiro atoms. The van der Waals surface area contributed by atoms with E-state index in [1.165, 1.54) is 0 Å². The number of fused-ring (bicyclic) bond motifs is 1. The van der Waals surface area contributed by atoms with E-state index in [0.29, 0.717) is 11.4 Å². The van der Waals surface area contributed by atoms with Crippen LogP contribution in [0.15, 0.2) is 47.4 Å². The molecule has 122 valence electrons. The average molecular weight is 329 g/mol. The van der Waals surface area contributed by atoms with Crippen molar-refractivity contribution in [2.45, 2.75) is 44.4 Å². The first kappa shape index (κ1) is 16.1. The summed E-state index contributed by atoms with van der Waals surface area (Å²) in [6.45, 7) is 8.67. The van der Waals surface area contributed by atoms with Gasteiger partial charge in [0.2, 0.25) is 0 Å². The molecule has 0 aliphatic carbocycles. The number of hydrogen-bond acceptors (Lipinski definition) is 2. The van der Waals surface area contributed by atoms with Gasteiger partial charge in [-0.3, -0.25) is 4.31 Å². The molecule has 0 atom stereocenters. The summed E-state index contributed by atoms with van der Waals surface area (Å²) in [5, 5.41) is 0. The third-order valence-corrected chi connectivity index (χ3v) is 6.42. The maximum absolute atomic E-state index is 13.2. The second-order valence-electron chi connectivity index (χ2n) is 7.19. The number of anilines is 1. The van der Waals surface area contributed by atoms with E-state index in [9.17, 15) is 8.42 Å². The van der Waals surface area contributed by atoms with Gasteiger partial charge in [-0.1, -0.05) is 51.1 Å². The zero-order chi connectivity index (χ0) is 16.8. The van der Waals surface area contributed by atoms with Crippen LogP contribution in [0.1, 0.15) is 37.5 Å². The van der Waals surface area contributed by atoms with E-state index in [0.717, 1.165) is 28.8 Å². The van der Waals surface area contributed by atoms with Crippen molar-refractivity contribution in [2.24, 2.45) is 0 Å². The molecule has 0 saturated heterocycles. The van der Waals surface area contributed by atoms with Crippen molar-refractivity contribution >= 4 is 15.7 Å².